The van der Waals surface area contributed by atoms with Crippen molar-refractivity contribution in [3.8, 4) is 5.75 Å². The molecule has 98 valence electrons. The Morgan fingerprint density at radius 2 is 2.11 bits per heavy atom. The first-order valence-corrected chi connectivity index (χ1v) is 6.16. The highest BCUT2D eigenvalue weighted by atomic mass is 16.5. The molecule has 0 unspecified atom stereocenters. The first-order chi connectivity index (χ1) is 8.47. The fourth-order valence-electron chi connectivity index (χ4n) is 1.37. The van der Waals surface area contributed by atoms with Crippen molar-refractivity contribution in [3.63, 3.8) is 0 Å². The Kier molecular flexibility index (Phi) is 5.43. The summed E-state index contributed by atoms with van der Waals surface area (Å²) in [5, 5.41) is 2.81. The van der Waals surface area contributed by atoms with Crippen LogP contribution in [0.25, 0.3) is 0 Å². The molecule has 1 amide bonds. The van der Waals surface area contributed by atoms with Gasteiger partial charge in [-0.3, -0.25) is 4.79 Å². The summed E-state index contributed by atoms with van der Waals surface area (Å²) in [6.07, 6.45) is 1.57. The zero-order chi connectivity index (χ0) is 13.5. The molecule has 0 saturated heterocycles. The maximum absolute atomic E-state index is 11.6. The lowest BCUT2D eigenvalue weighted by molar-refractivity contribution is -0.111. The molecule has 0 radical (unpaired) electrons. The first-order valence-electron chi connectivity index (χ1n) is 6.16. The summed E-state index contributed by atoms with van der Waals surface area (Å²) in [4.78, 5) is 11.6. The molecule has 3 heteroatoms. The molecular weight excluding hydrogens is 226 g/mol. The van der Waals surface area contributed by atoms with Gasteiger partial charge in [0.25, 0.3) is 0 Å². The second-order valence-electron chi connectivity index (χ2n) is 4.94. The van der Waals surface area contributed by atoms with Gasteiger partial charge in [-0.25, -0.2) is 0 Å². The van der Waals surface area contributed by atoms with Gasteiger partial charge >= 0.3 is 0 Å². The number of amides is 1. The van der Waals surface area contributed by atoms with Crippen LogP contribution < -0.4 is 10.1 Å². The molecule has 0 aliphatic rings. The standard InChI is InChI=1S/C15H21NO2/c1-11(2)8-15(17)16-13-6-5-7-14(9-13)18-10-12(3)4/h5-9,12H,10H2,1-4H3,(H,16,17). The third kappa shape index (κ3) is 5.53. The smallest absolute Gasteiger partial charge is 0.248 e. The largest absolute Gasteiger partial charge is 0.493 e. The Labute approximate surface area is 109 Å². The lowest BCUT2D eigenvalue weighted by Gasteiger charge is -2.10. The lowest BCUT2D eigenvalue weighted by atomic mass is 10.2. The molecule has 0 aliphatic heterocycles. The highest BCUT2D eigenvalue weighted by molar-refractivity contribution is 5.99. The molecule has 0 atom stereocenters. The van der Waals surface area contributed by atoms with Crippen LogP contribution in [0, 0.1) is 5.92 Å². The third-order valence-electron chi connectivity index (χ3n) is 2.10. The summed E-state index contributed by atoms with van der Waals surface area (Å²) in [6.45, 7) is 8.65. The average molecular weight is 247 g/mol. The van der Waals surface area contributed by atoms with E-state index in [1.807, 2.05) is 38.1 Å². The fourth-order valence-corrected chi connectivity index (χ4v) is 1.37. The molecular formula is C15H21NO2. The summed E-state index contributed by atoms with van der Waals surface area (Å²) in [5.41, 5.74) is 1.72. The van der Waals surface area contributed by atoms with Gasteiger partial charge in [-0.2, -0.15) is 0 Å². The quantitative estimate of drug-likeness (QED) is 0.807. The maximum Gasteiger partial charge on any atom is 0.248 e. The highest BCUT2D eigenvalue weighted by Crippen LogP contribution is 2.18. The van der Waals surface area contributed by atoms with E-state index in [0.29, 0.717) is 12.5 Å². The molecule has 0 saturated carbocycles. The van der Waals surface area contributed by atoms with Crippen LogP contribution in [0.2, 0.25) is 0 Å². The Hall–Kier alpha value is -1.77. The van der Waals surface area contributed by atoms with Crippen molar-refractivity contribution in [2.75, 3.05) is 11.9 Å². The van der Waals surface area contributed by atoms with E-state index >= 15 is 0 Å². The first kappa shape index (κ1) is 14.3. The Bertz CT molecular complexity index is 432. The van der Waals surface area contributed by atoms with Gasteiger partial charge in [-0.1, -0.05) is 25.5 Å². The topological polar surface area (TPSA) is 38.3 Å². The van der Waals surface area contributed by atoms with Crippen LogP contribution in [0.15, 0.2) is 35.9 Å². The van der Waals surface area contributed by atoms with E-state index in [2.05, 4.69) is 19.2 Å². The Morgan fingerprint density at radius 1 is 1.39 bits per heavy atom. The van der Waals surface area contributed by atoms with Gasteiger partial charge in [0, 0.05) is 17.8 Å². The second kappa shape index (κ2) is 6.84. The molecule has 1 N–H and O–H groups in total. The number of ether oxygens (including phenoxy) is 1. The molecule has 1 aromatic carbocycles. The lowest BCUT2D eigenvalue weighted by Crippen LogP contribution is -2.09. The van der Waals surface area contributed by atoms with Crippen LogP contribution in [-0.4, -0.2) is 12.5 Å². The zero-order valence-corrected chi connectivity index (χ0v) is 11.5. The summed E-state index contributed by atoms with van der Waals surface area (Å²) in [6, 6.07) is 7.44. The number of benzene rings is 1. The van der Waals surface area contributed by atoms with Crippen LogP contribution in [0.1, 0.15) is 27.7 Å². The number of carbonyl (C=O) groups excluding carboxylic acids is 1. The van der Waals surface area contributed by atoms with E-state index in [1.165, 1.54) is 0 Å². The molecule has 0 spiro atoms. The normalized spacial score (nSPS) is 10.1. The van der Waals surface area contributed by atoms with E-state index in [-0.39, 0.29) is 5.91 Å². The number of hydrogen-bond acceptors (Lipinski definition) is 2. The summed E-state index contributed by atoms with van der Waals surface area (Å²) < 4.78 is 5.60. The monoisotopic (exact) mass is 247 g/mol. The molecule has 1 aromatic rings. The Balaban J connectivity index is 2.64. The number of rotatable bonds is 5. The zero-order valence-electron chi connectivity index (χ0n) is 11.5. The number of nitrogens with one attached hydrogen (secondary N) is 1. The van der Waals surface area contributed by atoms with Crippen LogP contribution in [-0.2, 0) is 4.79 Å². The van der Waals surface area contributed by atoms with Crippen LogP contribution >= 0.6 is 0 Å². The van der Waals surface area contributed by atoms with E-state index in [4.69, 9.17) is 4.74 Å². The molecule has 0 aliphatic carbocycles. The molecule has 0 bridgehead atoms. The van der Waals surface area contributed by atoms with Gasteiger partial charge in [-0.15, -0.1) is 0 Å². The minimum atomic E-state index is -0.115. The van der Waals surface area contributed by atoms with Crippen molar-refractivity contribution in [3.05, 3.63) is 35.9 Å². The van der Waals surface area contributed by atoms with E-state index in [1.54, 1.807) is 6.08 Å². The number of carbonyl (C=O) groups is 1. The van der Waals surface area contributed by atoms with Gasteiger partial charge in [0.15, 0.2) is 0 Å². The maximum atomic E-state index is 11.6. The van der Waals surface area contributed by atoms with Gasteiger partial charge < -0.3 is 10.1 Å². The molecule has 0 aromatic heterocycles. The van der Waals surface area contributed by atoms with Gasteiger partial charge in [0.1, 0.15) is 5.75 Å². The van der Waals surface area contributed by atoms with Gasteiger partial charge in [0.2, 0.25) is 5.91 Å². The minimum Gasteiger partial charge on any atom is -0.493 e. The van der Waals surface area contributed by atoms with Crippen molar-refractivity contribution in [2.24, 2.45) is 5.92 Å². The fraction of sp³-hybridized carbons (Fsp3) is 0.400. The number of allylic oxidation sites excluding steroid dienone is 1. The molecule has 1 rings (SSSR count). The van der Waals surface area contributed by atoms with Crippen molar-refractivity contribution in [2.45, 2.75) is 27.7 Å². The van der Waals surface area contributed by atoms with E-state index in [0.717, 1.165) is 17.0 Å². The van der Waals surface area contributed by atoms with Crippen molar-refractivity contribution in [1.29, 1.82) is 0 Å². The van der Waals surface area contributed by atoms with Crippen LogP contribution in [0.5, 0.6) is 5.75 Å². The second-order valence-corrected chi connectivity index (χ2v) is 4.94. The predicted octanol–water partition coefficient (Wildman–Crippen LogP) is 3.63. The van der Waals surface area contributed by atoms with Crippen LogP contribution in [0.4, 0.5) is 5.69 Å². The van der Waals surface area contributed by atoms with Crippen LogP contribution in [0.3, 0.4) is 0 Å². The highest BCUT2D eigenvalue weighted by Gasteiger charge is 2.01. The van der Waals surface area contributed by atoms with Crippen molar-refractivity contribution < 1.29 is 9.53 Å². The van der Waals surface area contributed by atoms with Gasteiger partial charge in [-0.05, 0) is 31.9 Å². The average Bonchev–Trinajstić information content (AvgIpc) is 2.25. The Morgan fingerprint density at radius 3 is 2.72 bits per heavy atom. The minimum absolute atomic E-state index is 0.115. The molecule has 18 heavy (non-hydrogen) atoms. The summed E-state index contributed by atoms with van der Waals surface area (Å²) >= 11 is 0. The number of anilines is 1. The van der Waals surface area contributed by atoms with Gasteiger partial charge in [0.05, 0.1) is 6.61 Å². The third-order valence-corrected chi connectivity index (χ3v) is 2.10. The van der Waals surface area contributed by atoms with Crippen molar-refractivity contribution in [1.82, 2.24) is 0 Å². The predicted molar refractivity (Wildman–Crippen MR) is 74.8 cm³/mol. The van der Waals surface area contributed by atoms with E-state index in [9.17, 15) is 4.79 Å². The summed E-state index contributed by atoms with van der Waals surface area (Å²) in [7, 11) is 0. The molecule has 0 heterocycles. The SMILES string of the molecule is CC(C)=CC(=O)Nc1cccc(OCC(C)C)c1. The molecule has 0 fully saturated rings. The summed E-state index contributed by atoms with van der Waals surface area (Å²) in [5.74, 6) is 1.14. The van der Waals surface area contributed by atoms with E-state index < -0.39 is 0 Å². The van der Waals surface area contributed by atoms with Crippen molar-refractivity contribution >= 4 is 11.6 Å². The number of hydrogen-bond donors (Lipinski definition) is 1. The molecule has 3 nitrogen and oxygen atoms in total.